The van der Waals surface area contributed by atoms with Crippen LogP contribution in [-0.2, 0) is 9.59 Å². The summed E-state index contributed by atoms with van der Waals surface area (Å²) >= 11 is 6.08. The highest BCUT2D eigenvalue weighted by Crippen LogP contribution is 2.35. The van der Waals surface area contributed by atoms with Gasteiger partial charge in [0.15, 0.2) is 0 Å². The van der Waals surface area contributed by atoms with E-state index in [4.69, 9.17) is 22.1 Å². The van der Waals surface area contributed by atoms with Crippen LogP contribution in [0.25, 0.3) is 0 Å². The number of rotatable bonds is 5. The van der Waals surface area contributed by atoms with Gasteiger partial charge in [-0.15, -0.1) is 0 Å². The average molecular weight is 380 g/mol. The summed E-state index contributed by atoms with van der Waals surface area (Å²) in [4.78, 5) is 26.8. The standard InChI is InChI=1S/C19H26ClN3O3/c1-26-17-7-6-14(20)9-16(17)23-11-13(8-18(23)24)19(25)22-15-5-3-2-4-12(15)10-21/h6-7,9,12-13,15H,2-5,8,10-11,21H2,1H3,(H,22,25). The Morgan fingerprint density at radius 3 is 2.88 bits per heavy atom. The number of nitrogens with one attached hydrogen (secondary N) is 1. The van der Waals surface area contributed by atoms with E-state index in [0.717, 1.165) is 19.3 Å². The Kier molecular flexibility index (Phi) is 6.04. The van der Waals surface area contributed by atoms with Crippen LogP contribution in [0.5, 0.6) is 5.75 Å². The molecule has 3 N–H and O–H groups in total. The second kappa shape index (κ2) is 8.27. The van der Waals surface area contributed by atoms with E-state index in [1.807, 2.05) is 0 Å². The Balaban J connectivity index is 1.69. The first-order chi connectivity index (χ1) is 12.5. The first-order valence-electron chi connectivity index (χ1n) is 9.17. The minimum atomic E-state index is -0.369. The van der Waals surface area contributed by atoms with Crippen molar-refractivity contribution in [1.82, 2.24) is 5.32 Å². The van der Waals surface area contributed by atoms with E-state index >= 15 is 0 Å². The molecule has 1 aliphatic heterocycles. The lowest BCUT2D eigenvalue weighted by Crippen LogP contribution is -2.47. The van der Waals surface area contributed by atoms with Gasteiger partial charge in [0.25, 0.3) is 0 Å². The molecule has 2 amide bonds. The van der Waals surface area contributed by atoms with E-state index in [9.17, 15) is 9.59 Å². The van der Waals surface area contributed by atoms with Crippen LogP contribution in [-0.4, -0.2) is 38.1 Å². The number of anilines is 1. The van der Waals surface area contributed by atoms with Gasteiger partial charge in [-0.2, -0.15) is 0 Å². The van der Waals surface area contributed by atoms with Crippen molar-refractivity contribution < 1.29 is 14.3 Å². The van der Waals surface area contributed by atoms with Gasteiger partial charge < -0.3 is 20.7 Å². The maximum atomic E-state index is 12.7. The fraction of sp³-hybridized carbons (Fsp3) is 0.579. The molecule has 0 radical (unpaired) electrons. The average Bonchev–Trinajstić information content (AvgIpc) is 3.04. The second-order valence-corrected chi connectivity index (χ2v) is 7.55. The van der Waals surface area contributed by atoms with Gasteiger partial charge in [0.2, 0.25) is 11.8 Å². The Bertz CT molecular complexity index is 682. The number of halogens is 1. The zero-order chi connectivity index (χ0) is 18.7. The molecule has 7 heteroatoms. The van der Waals surface area contributed by atoms with Crippen molar-refractivity contribution in [3.05, 3.63) is 23.2 Å². The van der Waals surface area contributed by atoms with Crippen molar-refractivity contribution in [1.29, 1.82) is 0 Å². The number of ether oxygens (including phenoxy) is 1. The quantitative estimate of drug-likeness (QED) is 0.822. The number of benzene rings is 1. The lowest BCUT2D eigenvalue weighted by Gasteiger charge is -2.32. The zero-order valence-corrected chi connectivity index (χ0v) is 15.8. The van der Waals surface area contributed by atoms with Crippen molar-refractivity contribution >= 4 is 29.1 Å². The number of hydrogen-bond acceptors (Lipinski definition) is 4. The van der Waals surface area contributed by atoms with Crippen LogP contribution >= 0.6 is 11.6 Å². The molecule has 26 heavy (non-hydrogen) atoms. The maximum absolute atomic E-state index is 12.7. The summed E-state index contributed by atoms with van der Waals surface area (Å²) in [6.07, 6.45) is 4.48. The molecule has 3 rings (SSSR count). The molecule has 1 aliphatic carbocycles. The lowest BCUT2D eigenvalue weighted by molar-refractivity contribution is -0.127. The molecule has 1 heterocycles. The van der Waals surface area contributed by atoms with Gasteiger partial charge in [-0.25, -0.2) is 0 Å². The molecule has 1 aromatic carbocycles. The number of carbonyl (C=O) groups excluding carboxylic acids is 2. The highest BCUT2D eigenvalue weighted by molar-refractivity contribution is 6.31. The molecule has 3 unspecified atom stereocenters. The Morgan fingerprint density at radius 2 is 2.15 bits per heavy atom. The van der Waals surface area contributed by atoms with Crippen LogP contribution in [0.1, 0.15) is 32.1 Å². The first kappa shape index (κ1) is 19.0. The molecular weight excluding hydrogens is 354 g/mol. The fourth-order valence-corrected chi connectivity index (χ4v) is 4.14. The summed E-state index contributed by atoms with van der Waals surface area (Å²) in [5.41, 5.74) is 6.46. The zero-order valence-electron chi connectivity index (χ0n) is 15.0. The molecular formula is C19H26ClN3O3. The molecule has 6 nitrogen and oxygen atoms in total. The minimum Gasteiger partial charge on any atom is -0.495 e. The molecule has 0 bridgehead atoms. The molecule has 1 saturated carbocycles. The van der Waals surface area contributed by atoms with E-state index < -0.39 is 0 Å². The summed E-state index contributed by atoms with van der Waals surface area (Å²) in [6.45, 7) is 0.918. The minimum absolute atomic E-state index is 0.0628. The molecule has 0 spiro atoms. The number of amides is 2. The fourth-order valence-electron chi connectivity index (χ4n) is 3.97. The number of carbonyl (C=O) groups is 2. The van der Waals surface area contributed by atoms with Crippen molar-refractivity contribution in [2.75, 3.05) is 25.1 Å². The third-order valence-corrected chi connectivity index (χ3v) is 5.70. The third-order valence-electron chi connectivity index (χ3n) is 5.47. The summed E-state index contributed by atoms with van der Waals surface area (Å²) in [6, 6.07) is 5.26. The van der Waals surface area contributed by atoms with Crippen molar-refractivity contribution in [2.24, 2.45) is 17.6 Å². The highest BCUT2D eigenvalue weighted by atomic mass is 35.5. The van der Waals surface area contributed by atoms with E-state index in [1.165, 1.54) is 6.42 Å². The predicted molar refractivity (Wildman–Crippen MR) is 101 cm³/mol. The van der Waals surface area contributed by atoms with Crippen LogP contribution in [0, 0.1) is 11.8 Å². The molecule has 1 saturated heterocycles. The summed E-state index contributed by atoms with van der Waals surface area (Å²) in [7, 11) is 1.55. The molecule has 0 aromatic heterocycles. The van der Waals surface area contributed by atoms with Gasteiger partial charge in [0, 0.05) is 24.0 Å². The molecule has 3 atom stereocenters. The van der Waals surface area contributed by atoms with Gasteiger partial charge in [-0.3, -0.25) is 9.59 Å². The van der Waals surface area contributed by atoms with Gasteiger partial charge >= 0.3 is 0 Å². The molecule has 142 valence electrons. The highest BCUT2D eigenvalue weighted by Gasteiger charge is 2.38. The van der Waals surface area contributed by atoms with Crippen LogP contribution in [0.3, 0.4) is 0 Å². The van der Waals surface area contributed by atoms with E-state index in [1.54, 1.807) is 30.2 Å². The van der Waals surface area contributed by atoms with Crippen LogP contribution in [0.15, 0.2) is 18.2 Å². The SMILES string of the molecule is COc1ccc(Cl)cc1N1CC(C(=O)NC2CCCCC2CN)CC1=O. The molecule has 1 aromatic rings. The second-order valence-electron chi connectivity index (χ2n) is 7.12. The smallest absolute Gasteiger partial charge is 0.227 e. The van der Waals surface area contributed by atoms with Crippen molar-refractivity contribution in [3.8, 4) is 5.75 Å². The van der Waals surface area contributed by atoms with E-state index in [2.05, 4.69) is 5.32 Å². The van der Waals surface area contributed by atoms with Crippen molar-refractivity contribution in [3.63, 3.8) is 0 Å². The van der Waals surface area contributed by atoms with Gasteiger partial charge in [0.1, 0.15) is 5.75 Å². The predicted octanol–water partition coefficient (Wildman–Crippen LogP) is 2.34. The number of nitrogens with two attached hydrogens (primary N) is 1. The number of nitrogens with zero attached hydrogens (tertiary/aromatic N) is 1. The van der Waals surface area contributed by atoms with Crippen LogP contribution in [0.4, 0.5) is 5.69 Å². The summed E-state index contributed by atoms with van der Waals surface area (Å²) in [5, 5.41) is 3.66. The van der Waals surface area contributed by atoms with Crippen molar-refractivity contribution in [2.45, 2.75) is 38.1 Å². The van der Waals surface area contributed by atoms with Gasteiger partial charge in [-0.05, 0) is 43.5 Å². The van der Waals surface area contributed by atoms with Crippen LogP contribution in [0.2, 0.25) is 5.02 Å². The first-order valence-corrected chi connectivity index (χ1v) is 9.55. The van der Waals surface area contributed by atoms with Gasteiger partial charge in [0.05, 0.1) is 18.7 Å². The Morgan fingerprint density at radius 1 is 1.38 bits per heavy atom. The summed E-state index contributed by atoms with van der Waals surface area (Å²) in [5.74, 6) is 0.372. The van der Waals surface area contributed by atoms with Crippen LogP contribution < -0.4 is 20.7 Å². The molecule has 2 aliphatic rings. The topological polar surface area (TPSA) is 84.7 Å². The monoisotopic (exact) mass is 379 g/mol. The number of methoxy groups -OCH3 is 1. The lowest BCUT2D eigenvalue weighted by atomic mass is 9.84. The van der Waals surface area contributed by atoms with E-state index in [0.29, 0.717) is 35.5 Å². The summed E-state index contributed by atoms with van der Waals surface area (Å²) < 4.78 is 5.34. The Hall–Kier alpha value is -1.79. The third kappa shape index (κ3) is 3.96. The van der Waals surface area contributed by atoms with E-state index in [-0.39, 0.29) is 30.2 Å². The van der Waals surface area contributed by atoms with Gasteiger partial charge in [-0.1, -0.05) is 24.4 Å². The number of hydrogen-bond donors (Lipinski definition) is 2. The molecule has 2 fully saturated rings. The normalized spacial score (nSPS) is 26.0. The Labute approximate surface area is 159 Å². The largest absolute Gasteiger partial charge is 0.495 e. The maximum Gasteiger partial charge on any atom is 0.227 e.